The molecule has 0 aromatic carbocycles. The van der Waals surface area contributed by atoms with Gasteiger partial charge in [0, 0.05) is 5.92 Å². The van der Waals surface area contributed by atoms with Crippen LogP contribution >= 0.6 is 0 Å². The lowest BCUT2D eigenvalue weighted by Crippen LogP contribution is -2.41. The van der Waals surface area contributed by atoms with Gasteiger partial charge >= 0.3 is 0 Å². The first-order valence-electron chi connectivity index (χ1n) is 6.21. The molecule has 15 heavy (non-hydrogen) atoms. The van der Waals surface area contributed by atoms with Crippen molar-refractivity contribution in [2.45, 2.75) is 57.7 Å². The van der Waals surface area contributed by atoms with E-state index in [0.29, 0.717) is 11.8 Å². The van der Waals surface area contributed by atoms with Crippen LogP contribution in [0.1, 0.15) is 46.0 Å². The van der Waals surface area contributed by atoms with E-state index in [9.17, 15) is 5.26 Å². The Labute approximate surface area is 91.6 Å². The van der Waals surface area contributed by atoms with Crippen molar-refractivity contribution in [3.05, 3.63) is 0 Å². The summed E-state index contributed by atoms with van der Waals surface area (Å²) in [6.45, 7) is 4.44. The molecule has 2 aliphatic carbocycles. The molecule has 0 amide bonds. The number of rotatable bonds is 1. The molecule has 0 spiro atoms. The third-order valence-electron chi connectivity index (χ3n) is 5.11. The SMILES string of the molecule is C[C@@H]1[C@@]2(C#N)CCC[C@]1(C)OC2C1CC1. The smallest absolute Gasteiger partial charge is 0.0890 e. The fraction of sp³-hybridized carbons (Fsp3) is 0.923. The van der Waals surface area contributed by atoms with Gasteiger partial charge in [-0.15, -0.1) is 0 Å². The van der Waals surface area contributed by atoms with Gasteiger partial charge in [0.2, 0.25) is 0 Å². The van der Waals surface area contributed by atoms with E-state index in [1.165, 1.54) is 12.8 Å². The van der Waals surface area contributed by atoms with Crippen LogP contribution in [0.4, 0.5) is 0 Å². The predicted molar refractivity (Wildman–Crippen MR) is 57.1 cm³/mol. The molecule has 0 aromatic rings. The second-order valence-electron chi connectivity index (χ2n) is 5.92. The first-order valence-corrected chi connectivity index (χ1v) is 6.21. The molecule has 82 valence electrons. The van der Waals surface area contributed by atoms with Crippen molar-refractivity contribution >= 4 is 0 Å². The lowest BCUT2D eigenvalue weighted by Gasteiger charge is -2.38. The summed E-state index contributed by atoms with van der Waals surface area (Å²) in [7, 11) is 0. The zero-order chi connectivity index (χ0) is 10.7. The Morgan fingerprint density at radius 1 is 1.33 bits per heavy atom. The van der Waals surface area contributed by atoms with Gasteiger partial charge in [0.15, 0.2) is 0 Å². The van der Waals surface area contributed by atoms with Gasteiger partial charge in [-0.05, 0) is 44.9 Å². The molecule has 3 rings (SSSR count). The highest BCUT2D eigenvalue weighted by atomic mass is 16.5. The minimum atomic E-state index is -0.159. The molecule has 1 aliphatic heterocycles. The van der Waals surface area contributed by atoms with Crippen molar-refractivity contribution in [2.75, 3.05) is 0 Å². The molecule has 2 bridgehead atoms. The van der Waals surface area contributed by atoms with E-state index in [0.717, 1.165) is 19.3 Å². The Bertz CT molecular complexity index is 330. The largest absolute Gasteiger partial charge is 0.370 e. The molecule has 0 radical (unpaired) electrons. The van der Waals surface area contributed by atoms with Crippen molar-refractivity contribution in [1.82, 2.24) is 0 Å². The predicted octanol–water partition coefficient (Wildman–Crippen LogP) is 2.88. The molecule has 1 heterocycles. The second kappa shape index (κ2) is 2.77. The highest BCUT2D eigenvalue weighted by Crippen LogP contribution is 2.61. The summed E-state index contributed by atoms with van der Waals surface area (Å²) >= 11 is 0. The molecular formula is C13H19NO. The summed E-state index contributed by atoms with van der Waals surface area (Å²) in [4.78, 5) is 0. The Morgan fingerprint density at radius 2 is 2.07 bits per heavy atom. The third kappa shape index (κ3) is 1.08. The van der Waals surface area contributed by atoms with E-state index in [1.807, 2.05) is 0 Å². The maximum atomic E-state index is 9.57. The van der Waals surface area contributed by atoms with Crippen molar-refractivity contribution in [3.63, 3.8) is 0 Å². The second-order valence-corrected chi connectivity index (χ2v) is 5.92. The zero-order valence-corrected chi connectivity index (χ0v) is 9.62. The molecule has 2 heteroatoms. The Balaban J connectivity index is 2.02. The summed E-state index contributed by atoms with van der Waals surface area (Å²) in [6.07, 6.45) is 6.15. The van der Waals surface area contributed by atoms with Crippen molar-refractivity contribution < 1.29 is 4.74 Å². The average Bonchev–Trinajstić information content (AvgIpc) is 3.00. The van der Waals surface area contributed by atoms with Gasteiger partial charge in [-0.2, -0.15) is 5.26 Å². The Morgan fingerprint density at radius 3 is 2.67 bits per heavy atom. The van der Waals surface area contributed by atoms with E-state index in [2.05, 4.69) is 19.9 Å². The molecule has 0 aromatic heterocycles. The van der Waals surface area contributed by atoms with Crippen molar-refractivity contribution in [2.24, 2.45) is 17.3 Å². The molecule has 3 fully saturated rings. The van der Waals surface area contributed by atoms with Gasteiger partial charge in [0.1, 0.15) is 0 Å². The summed E-state index contributed by atoms with van der Waals surface area (Å²) in [6, 6.07) is 2.63. The number of ether oxygens (including phenoxy) is 1. The first kappa shape index (κ1) is 9.66. The van der Waals surface area contributed by atoms with Crippen LogP contribution in [0.15, 0.2) is 0 Å². The number of hydrogen-bond donors (Lipinski definition) is 0. The maximum Gasteiger partial charge on any atom is 0.0890 e. The van der Waals surface area contributed by atoms with E-state index >= 15 is 0 Å². The van der Waals surface area contributed by atoms with Gasteiger partial charge in [-0.1, -0.05) is 6.92 Å². The Hall–Kier alpha value is -0.550. The van der Waals surface area contributed by atoms with Gasteiger partial charge in [0.05, 0.1) is 23.2 Å². The Kier molecular flexibility index (Phi) is 1.78. The highest BCUT2D eigenvalue weighted by Gasteiger charge is 2.64. The third-order valence-corrected chi connectivity index (χ3v) is 5.11. The number of nitriles is 1. The number of nitrogens with zero attached hydrogens (tertiary/aromatic N) is 1. The van der Waals surface area contributed by atoms with Crippen molar-refractivity contribution in [1.29, 1.82) is 5.26 Å². The number of hydrogen-bond acceptors (Lipinski definition) is 2. The molecule has 1 saturated heterocycles. The fourth-order valence-electron chi connectivity index (χ4n) is 3.79. The summed E-state index contributed by atoms with van der Waals surface area (Å²) in [5.41, 5.74) is -0.171. The molecule has 0 N–H and O–H groups in total. The minimum Gasteiger partial charge on any atom is -0.370 e. The van der Waals surface area contributed by atoms with E-state index < -0.39 is 0 Å². The zero-order valence-electron chi connectivity index (χ0n) is 9.62. The van der Waals surface area contributed by atoms with Crippen LogP contribution in [0.2, 0.25) is 0 Å². The summed E-state index contributed by atoms with van der Waals surface area (Å²) in [5.74, 6) is 1.10. The van der Waals surface area contributed by atoms with E-state index in [-0.39, 0.29) is 17.1 Å². The normalized spacial score (nSPS) is 53.9. The molecule has 4 atom stereocenters. The van der Waals surface area contributed by atoms with Crippen molar-refractivity contribution in [3.8, 4) is 6.07 Å². The van der Waals surface area contributed by atoms with Gasteiger partial charge in [0.25, 0.3) is 0 Å². The maximum absolute atomic E-state index is 9.57. The lowest BCUT2D eigenvalue weighted by atomic mass is 9.61. The monoisotopic (exact) mass is 205 g/mol. The van der Waals surface area contributed by atoms with Gasteiger partial charge in [-0.25, -0.2) is 0 Å². The van der Waals surface area contributed by atoms with Crippen LogP contribution in [-0.4, -0.2) is 11.7 Å². The summed E-state index contributed by atoms with van der Waals surface area (Å²) in [5, 5.41) is 9.57. The van der Waals surface area contributed by atoms with Crippen LogP contribution < -0.4 is 0 Å². The quantitative estimate of drug-likeness (QED) is 0.659. The average molecular weight is 205 g/mol. The minimum absolute atomic E-state index is 0.0127. The first-order chi connectivity index (χ1) is 7.12. The fourth-order valence-corrected chi connectivity index (χ4v) is 3.79. The molecule has 2 nitrogen and oxygen atoms in total. The van der Waals surface area contributed by atoms with Crippen LogP contribution in [0.25, 0.3) is 0 Å². The van der Waals surface area contributed by atoms with Crippen LogP contribution in [0.3, 0.4) is 0 Å². The van der Waals surface area contributed by atoms with E-state index in [1.54, 1.807) is 0 Å². The van der Waals surface area contributed by atoms with Crippen LogP contribution in [0, 0.1) is 28.6 Å². The van der Waals surface area contributed by atoms with Crippen LogP contribution in [-0.2, 0) is 4.74 Å². The molecule has 3 aliphatic rings. The van der Waals surface area contributed by atoms with Crippen LogP contribution in [0.5, 0.6) is 0 Å². The number of fused-ring (bicyclic) bond motifs is 2. The standard InChI is InChI=1S/C13H19NO/c1-9-12(2)6-3-7-13(9,8-14)11(15-12)10-4-5-10/h9-11H,3-7H2,1-2H3/t9-,11?,12-,13-/m0/s1. The molecular weight excluding hydrogens is 186 g/mol. The topological polar surface area (TPSA) is 33.0 Å². The highest BCUT2D eigenvalue weighted by molar-refractivity contribution is 5.20. The van der Waals surface area contributed by atoms with E-state index in [4.69, 9.17) is 4.74 Å². The lowest BCUT2D eigenvalue weighted by molar-refractivity contribution is -0.0535. The summed E-state index contributed by atoms with van der Waals surface area (Å²) < 4.78 is 6.28. The van der Waals surface area contributed by atoms with Gasteiger partial charge in [-0.3, -0.25) is 0 Å². The van der Waals surface area contributed by atoms with Gasteiger partial charge < -0.3 is 4.74 Å². The molecule has 1 unspecified atom stereocenters. The molecule has 2 saturated carbocycles.